The van der Waals surface area contributed by atoms with Crippen LogP contribution in [0.15, 0.2) is 48.5 Å². The van der Waals surface area contributed by atoms with E-state index in [9.17, 15) is 19.5 Å². The highest BCUT2D eigenvalue weighted by Gasteiger charge is 2.32. The van der Waals surface area contributed by atoms with Gasteiger partial charge in [-0.3, -0.25) is 9.59 Å². The Hall–Kier alpha value is -3.35. The van der Waals surface area contributed by atoms with Crippen molar-refractivity contribution >= 4 is 18.0 Å². The standard InChI is InChI=1S/C28H34N2O5/c1-2-9-25(26(31)29-16-18-10-3-4-11-19(18)27(32)33)30-28(34)35-17-24-22-14-7-5-12-20(22)21-13-6-8-15-23(21)24/h5-8,12-15,18-19,24-25H,2-4,9-11,16-17H2,1H3,(H,29,31)(H,30,34)(H,32,33)/t18-,19-,25-/m1/s1. The predicted molar refractivity (Wildman–Crippen MR) is 133 cm³/mol. The summed E-state index contributed by atoms with van der Waals surface area (Å²) in [6.07, 6.45) is 3.87. The van der Waals surface area contributed by atoms with Gasteiger partial charge in [0.15, 0.2) is 0 Å². The molecule has 2 aliphatic rings. The van der Waals surface area contributed by atoms with Crippen LogP contribution in [0, 0.1) is 11.8 Å². The monoisotopic (exact) mass is 478 g/mol. The Balaban J connectivity index is 1.33. The maximum absolute atomic E-state index is 12.8. The molecule has 0 bridgehead atoms. The first-order chi connectivity index (χ1) is 17.0. The van der Waals surface area contributed by atoms with Gasteiger partial charge in [0, 0.05) is 12.5 Å². The van der Waals surface area contributed by atoms with Gasteiger partial charge in [0.25, 0.3) is 0 Å². The lowest BCUT2D eigenvalue weighted by molar-refractivity contribution is -0.145. The van der Waals surface area contributed by atoms with E-state index >= 15 is 0 Å². The Kier molecular flexibility index (Phi) is 8.06. The summed E-state index contributed by atoms with van der Waals surface area (Å²) in [4.78, 5) is 37.1. The van der Waals surface area contributed by atoms with E-state index in [2.05, 4.69) is 34.9 Å². The van der Waals surface area contributed by atoms with Gasteiger partial charge in [-0.05, 0) is 47.4 Å². The number of alkyl carbamates (subject to hydrolysis) is 1. The molecule has 2 aromatic carbocycles. The average Bonchev–Trinajstić information content (AvgIpc) is 3.19. The van der Waals surface area contributed by atoms with Crippen LogP contribution in [-0.4, -0.2) is 42.3 Å². The van der Waals surface area contributed by atoms with Crippen LogP contribution in [-0.2, 0) is 14.3 Å². The van der Waals surface area contributed by atoms with E-state index in [1.165, 1.54) is 0 Å². The molecule has 2 aliphatic carbocycles. The van der Waals surface area contributed by atoms with Crippen molar-refractivity contribution in [2.45, 2.75) is 57.4 Å². The zero-order valence-electron chi connectivity index (χ0n) is 20.2. The summed E-state index contributed by atoms with van der Waals surface area (Å²) in [6, 6.07) is 15.5. The number of rotatable bonds is 9. The number of aliphatic carboxylic acids is 1. The number of fused-ring (bicyclic) bond motifs is 3. The van der Waals surface area contributed by atoms with Crippen molar-refractivity contribution in [3.05, 3.63) is 59.7 Å². The van der Waals surface area contributed by atoms with Crippen LogP contribution < -0.4 is 10.6 Å². The van der Waals surface area contributed by atoms with E-state index in [-0.39, 0.29) is 24.3 Å². The first-order valence-corrected chi connectivity index (χ1v) is 12.6. The molecule has 35 heavy (non-hydrogen) atoms. The summed E-state index contributed by atoms with van der Waals surface area (Å²) in [5.41, 5.74) is 4.57. The van der Waals surface area contributed by atoms with E-state index in [1.807, 2.05) is 31.2 Å². The molecule has 2 amide bonds. The topological polar surface area (TPSA) is 105 Å². The number of hydrogen-bond acceptors (Lipinski definition) is 4. The number of amides is 2. The van der Waals surface area contributed by atoms with Gasteiger partial charge in [0.05, 0.1) is 5.92 Å². The lowest BCUT2D eigenvalue weighted by atomic mass is 9.79. The highest BCUT2D eigenvalue weighted by atomic mass is 16.5. The Labute approximate surface area is 206 Å². The Morgan fingerprint density at radius 3 is 2.26 bits per heavy atom. The molecule has 7 heteroatoms. The van der Waals surface area contributed by atoms with Crippen molar-refractivity contribution in [2.75, 3.05) is 13.2 Å². The minimum atomic E-state index is -0.800. The minimum absolute atomic E-state index is 0.0501. The zero-order chi connectivity index (χ0) is 24.8. The van der Waals surface area contributed by atoms with Gasteiger partial charge >= 0.3 is 12.1 Å². The van der Waals surface area contributed by atoms with Crippen LogP contribution in [0.5, 0.6) is 0 Å². The molecule has 0 aromatic heterocycles. The number of ether oxygens (including phenoxy) is 1. The highest BCUT2D eigenvalue weighted by Crippen LogP contribution is 2.44. The molecule has 1 fully saturated rings. The Morgan fingerprint density at radius 1 is 1.00 bits per heavy atom. The summed E-state index contributed by atoms with van der Waals surface area (Å²) >= 11 is 0. The molecule has 0 spiro atoms. The quantitative estimate of drug-likeness (QED) is 0.485. The lowest BCUT2D eigenvalue weighted by Crippen LogP contribution is -2.49. The summed E-state index contributed by atoms with van der Waals surface area (Å²) < 4.78 is 5.60. The number of nitrogens with one attached hydrogen (secondary N) is 2. The fourth-order valence-electron chi connectivity index (χ4n) is 5.47. The van der Waals surface area contributed by atoms with Gasteiger partial charge in [-0.2, -0.15) is 0 Å². The van der Waals surface area contributed by atoms with Gasteiger partial charge in [0.2, 0.25) is 5.91 Å². The molecule has 3 N–H and O–H groups in total. The smallest absolute Gasteiger partial charge is 0.407 e. The number of carbonyl (C=O) groups excluding carboxylic acids is 2. The molecule has 1 saturated carbocycles. The summed E-state index contributed by atoms with van der Waals surface area (Å²) in [7, 11) is 0. The van der Waals surface area contributed by atoms with Crippen LogP contribution in [0.1, 0.15) is 62.5 Å². The molecule has 0 saturated heterocycles. The van der Waals surface area contributed by atoms with Crippen LogP contribution in [0.4, 0.5) is 4.79 Å². The fraction of sp³-hybridized carbons (Fsp3) is 0.464. The largest absolute Gasteiger partial charge is 0.481 e. The van der Waals surface area contributed by atoms with Crippen molar-refractivity contribution < 1.29 is 24.2 Å². The van der Waals surface area contributed by atoms with E-state index in [0.717, 1.165) is 41.5 Å². The minimum Gasteiger partial charge on any atom is -0.481 e. The average molecular weight is 479 g/mol. The third-order valence-corrected chi connectivity index (χ3v) is 7.29. The Morgan fingerprint density at radius 2 is 1.63 bits per heavy atom. The maximum Gasteiger partial charge on any atom is 0.407 e. The maximum atomic E-state index is 12.8. The van der Waals surface area contributed by atoms with Crippen molar-refractivity contribution in [2.24, 2.45) is 11.8 Å². The third-order valence-electron chi connectivity index (χ3n) is 7.29. The normalized spacial score (nSPS) is 19.8. The molecule has 0 unspecified atom stereocenters. The number of carbonyl (C=O) groups is 3. The van der Waals surface area contributed by atoms with Crippen LogP contribution >= 0.6 is 0 Å². The molecular formula is C28H34N2O5. The number of hydrogen-bond donors (Lipinski definition) is 3. The van der Waals surface area contributed by atoms with Crippen molar-refractivity contribution in [3.63, 3.8) is 0 Å². The van der Waals surface area contributed by atoms with Gasteiger partial charge in [0.1, 0.15) is 12.6 Å². The molecule has 186 valence electrons. The second-order valence-electron chi connectivity index (χ2n) is 9.55. The summed E-state index contributed by atoms with van der Waals surface area (Å²) in [5, 5.41) is 15.1. The van der Waals surface area contributed by atoms with E-state index in [4.69, 9.17) is 4.74 Å². The van der Waals surface area contributed by atoms with Crippen molar-refractivity contribution in [1.29, 1.82) is 0 Å². The lowest BCUT2D eigenvalue weighted by Gasteiger charge is -2.29. The van der Waals surface area contributed by atoms with Gasteiger partial charge in [-0.1, -0.05) is 74.7 Å². The molecule has 4 rings (SSSR count). The zero-order valence-corrected chi connectivity index (χ0v) is 20.2. The molecule has 0 heterocycles. The molecular weight excluding hydrogens is 444 g/mol. The number of benzene rings is 2. The molecule has 2 aromatic rings. The first-order valence-electron chi connectivity index (χ1n) is 12.6. The summed E-state index contributed by atoms with van der Waals surface area (Å²) in [5.74, 6) is -1.66. The molecule has 7 nitrogen and oxygen atoms in total. The second-order valence-corrected chi connectivity index (χ2v) is 9.55. The highest BCUT2D eigenvalue weighted by molar-refractivity contribution is 5.85. The van der Waals surface area contributed by atoms with Crippen molar-refractivity contribution in [3.8, 4) is 11.1 Å². The number of carboxylic acid groups (broad SMARTS) is 1. The van der Waals surface area contributed by atoms with Gasteiger partial charge in [-0.15, -0.1) is 0 Å². The molecule has 3 atom stereocenters. The summed E-state index contributed by atoms with van der Waals surface area (Å²) in [6.45, 7) is 2.44. The second kappa shape index (κ2) is 11.4. The van der Waals surface area contributed by atoms with E-state index < -0.39 is 24.0 Å². The molecule has 0 aliphatic heterocycles. The van der Waals surface area contributed by atoms with Gasteiger partial charge in [-0.25, -0.2) is 4.79 Å². The van der Waals surface area contributed by atoms with E-state index in [1.54, 1.807) is 0 Å². The van der Waals surface area contributed by atoms with Crippen molar-refractivity contribution in [1.82, 2.24) is 10.6 Å². The Bertz CT molecular complexity index is 1020. The van der Waals surface area contributed by atoms with Crippen LogP contribution in [0.3, 0.4) is 0 Å². The SMILES string of the molecule is CCC[C@@H](NC(=O)OCC1c2ccccc2-c2ccccc21)C(=O)NC[C@H]1CCCC[C@H]1C(=O)O. The fourth-order valence-corrected chi connectivity index (χ4v) is 5.47. The van der Waals surface area contributed by atoms with Crippen LogP contribution in [0.25, 0.3) is 11.1 Å². The predicted octanol–water partition coefficient (Wildman–Crippen LogP) is 4.70. The third kappa shape index (κ3) is 5.66. The first kappa shape index (κ1) is 24.8. The van der Waals surface area contributed by atoms with Crippen LogP contribution in [0.2, 0.25) is 0 Å². The number of carboxylic acids is 1. The molecule has 0 radical (unpaired) electrons. The van der Waals surface area contributed by atoms with Gasteiger partial charge < -0.3 is 20.5 Å². The van der Waals surface area contributed by atoms with E-state index in [0.29, 0.717) is 25.8 Å².